The molecule has 2 rings (SSSR count). The van der Waals surface area contributed by atoms with E-state index in [9.17, 15) is 0 Å². The molecule has 0 aliphatic heterocycles. The maximum atomic E-state index is 5.59. The lowest BCUT2D eigenvalue weighted by Crippen LogP contribution is -1.84. The van der Waals surface area contributed by atoms with E-state index in [0.717, 1.165) is 5.56 Å². The Morgan fingerprint density at radius 1 is 1.33 bits per heavy atom. The minimum atomic E-state index is 0.697. The second kappa shape index (κ2) is 2.65. The number of aromatic nitrogens is 2. The molecular formula is C8H7N3O. The Hall–Kier alpha value is -1.84. The number of anilines is 1. The zero-order valence-electron chi connectivity index (χ0n) is 6.27. The van der Waals surface area contributed by atoms with E-state index in [1.54, 1.807) is 0 Å². The van der Waals surface area contributed by atoms with Crippen LogP contribution in [0.3, 0.4) is 0 Å². The molecule has 1 aromatic carbocycles. The van der Waals surface area contributed by atoms with Crippen molar-refractivity contribution in [3.63, 3.8) is 0 Å². The van der Waals surface area contributed by atoms with E-state index in [0.29, 0.717) is 11.4 Å². The van der Waals surface area contributed by atoms with Gasteiger partial charge < -0.3 is 10.3 Å². The number of nitrogens with two attached hydrogens (primary N) is 1. The minimum Gasteiger partial charge on any atom is -0.399 e. The molecule has 0 aliphatic carbocycles. The van der Waals surface area contributed by atoms with Gasteiger partial charge in [0, 0.05) is 16.5 Å². The molecule has 0 atom stereocenters. The summed E-state index contributed by atoms with van der Waals surface area (Å²) < 4.78 is 4.61. The van der Waals surface area contributed by atoms with Crippen LogP contribution in [0.1, 0.15) is 0 Å². The summed E-state index contributed by atoms with van der Waals surface area (Å²) in [5, 5.41) is 7.12. The molecule has 60 valence electrons. The van der Waals surface area contributed by atoms with Crippen LogP contribution in [0.2, 0.25) is 0 Å². The highest BCUT2D eigenvalue weighted by Crippen LogP contribution is 2.17. The first kappa shape index (κ1) is 6.84. The van der Waals surface area contributed by atoms with Gasteiger partial charge in [-0.1, -0.05) is 12.1 Å². The van der Waals surface area contributed by atoms with Crippen molar-refractivity contribution in [2.45, 2.75) is 0 Å². The predicted octanol–water partition coefficient (Wildman–Crippen LogP) is 1.32. The molecule has 0 unspecified atom stereocenters. The SMILES string of the molecule is Nc1cccc(-c2conn2)c1. The first-order valence-corrected chi connectivity index (χ1v) is 3.49. The van der Waals surface area contributed by atoms with E-state index in [1.807, 2.05) is 24.3 Å². The molecule has 0 spiro atoms. The molecule has 2 aromatic rings. The largest absolute Gasteiger partial charge is 0.399 e. The third-order valence-corrected chi connectivity index (χ3v) is 1.54. The van der Waals surface area contributed by atoms with Gasteiger partial charge in [-0.25, -0.2) is 0 Å². The van der Waals surface area contributed by atoms with Crippen molar-refractivity contribution < 1.29 is 4.52 Å². The lowest BCUT2D eigenvalue weighted by Gasteiger charge is -1.95. The molecule has 4 nitrogen and oxygen atoms in total. The summed E-state index contributed by atoms with van der Waals surface area (Å²) in [5.74, 6) is 0. The Kier molecular flexibility index (Phi) is 1.51. The Labute approximate surface area is 69.0 Å². The van der Waals surface area contributed by atoms with Gasteiger partial charge in [-0.2, -0.15) is 0 Å². The Bertz CT molecular complexity index is 370. The topological polar surface area (TPSA) is 64.9 Å². The Balaban J connectivity index is 2.48. The summed E-state index contributed by atoms with van der Waals surface area (Å²) in [7, 11) is 0. The van der Waals surface area contributed by atoms with E-state index in [1.165, 1.54) is 6.26 Å². The summed E-state index contributed by atoms with van der Waals surface area (Å²) in [5.41, 5.74) is 7.90. The highest BCUT2D eigenvalue weighted by atomic mass is 16.5. The van der Waals surface area contributed by atoms with Crippen molar-refractivity contribution >= 4 is 5.69 Å². The second-order valence-corrected chi connectivity index (χ2v) is 2.42. The van der Waals surface area contributed by atoms with Gasteiger partial charge in [0.15, 0.2) is 6.26 Å². The van der Waals surface area contributed by atoms with Crippen LogP contribution in [-0.2, 0) is 0 Å². The maximum Gasteiger partial charge on any atom is 0.152 e. The molecule has 0 radical (unpaired) electrons. The fourth-order valence-electron chi connectivity index (χ4n) is 0.988. The van der Waals surface area contributed by atoms with Gasteiger partial charge >= 0.3 is 0 Å². The summed E-state index contributed by atoms with van der Waals surface area (Å²) in [6, 6.07) is 7.39. The lowest BCUT2D eigenvalue weighted by molar-refractivity contribution is 0.393. The van der Waals surface area contributed by atoms with Crippen LogP contribution in [0, 0.1) is 0 Å². The smallest absolute Gasteiger partial charge is 0.152 e. The summed E-state index contributed by atoms with van der Waals surface area (Å²) in [6.45, 7) is 0. The molecule has 1 heterocycles. The summed E-state index contributed by atoms with van der Waals surface area (Å²) >= 11 is 0. The van der Waals surface area contributed by atoms with Crippen LogP contribution >= 0.6 is 0 Å². The monoisotopic (exact) mass is 161 g/mol. The van der Waals surface area contributed by atoms with Gasteiger partial charge in [-0.15, -0.1) is 5.10 Å². The first-order chi connectivity index (χ1) is 5.86. The van der Waals surface area contributed by atoms with E-state index in [-0.39, 0.29) is 0 Å². The fraction of sp³-hybridized carbons (Fsp3) is 0. The number of hydrogen-bond donors (Lipinski definition) is 1. The molecule has 0 amide bonds. The average molecular weight is 161 g/mol. The predicted molar refractivity (Wildman–Crippen MR) is 44.1 cm³/mol. The van der Waals surface area contributed by atoms with Gasteiger partial charge in [0.1, 0.15) is 5.69 Å². The van der Waals surface area contributed by atoms with Gasteiger partial charge in [0.2, 0.25) is 0 Å². The van der Waals surface area contributed by atoms with Crippen LogP contribution in [0.4, 0.5) is 5.69 Å². The minimum absolute atomic E-state index is 0.697. The van der Waals surface area contributed by atoms with Gasteiger partial charge in [0.25, 0.3) is 0 Å². The van der Waals surface area contributed by atoms with Crippen LogP contribution in [-0.4, -0.2) is 10.4 Å². The van der Waals surface area contributed by atoms with E-state index in [2.05, 4.69) is 14.9 Å². The van der Waals surface area contributed by atoms with E-state index >= 15 is 0 Å². The molecule has 2 N–H and O–H groups in total. The molecule has 0 bridgehead atoms. The highest BCUT2D eigenvalue weighted by Gasteiger charge is 2.00. The molecule has 0 aliphatic rings. The Morgan fingerprint density at radius 3 is 2.92 bits per heavy atom. The molecule has 12 heavy (non-hydrogen) atoms. The standard InChI is InChI=1S/C8H7N3O/c9-7-3-1-2-6(4-7)8-5-12-11-10-8/h1-5H,9H2. The third-order valence-electron chi connectivity index (χ3n) is 1.54. The molecule has 1 aromatic heterocycles. The van der Waals surface area contributed by atoms with E-state index in [4.69, 9.17) is 5.73 Å². The fourth-order valence-corrected chi connectivity index (χ4v) is 0.988. The van der Waals surface area contributed by atoms with Crippen molar-refractivity contribution in [1.82, 2.24) is 10.4 Å². The summed E-state index contributed by atoms with van der Waals surface area (Å²) in [4.78, 5) is 0. The normalized spacial score (nSPS) is 10.0. The summed E-state index contributed by atoms with van der Waals surface area (Å²) in [6.07, 6.45) is 1.48. The van der Waals surface area contributed by atoms with Gasteiger partial charge in [-0.05, 0) is 12.1 Å². The maximum absolute atomic E-state index is 5.59. The second-order valence-electron chi connectivity index (χ2n) is 2.42. The van der Waals surface area contributed by atoms with Crippen LogP contribution in [0.25, 0.3) is 11.3 Å². The average Bonchev–Trinajstić information content (AvgIpc) is 2.56. The highest BCUT2D eigenvalue weighted by molar-refractivity contribution is 5.62. The van der Waals surface area contributed by atoms with Gasteiger partial charge in [-0.3, -0.25) is 0 Å². The zero-order chi connectivity index (χ0) is 8.39. The van der Waals surface area contributed by atoms with Gasteiger partial charge in [0.05, 0.1) is 0 Å². The quantitative estimate of drug-likeness (QED) is 0.640. The first-order valence-electron chi connectivity index (χ1n) is 3.49. The number of nitrogen functional groups attached to an aromatic ring is 1. The number of hydrogen-bond acceptors (Lipinski definition) is 4. The molecule has 4 heteroatoms. The molecular weight excluding hydrogens is 154 g/mol. The number of nitrogens with zero attached hydrogens (tertiary/aromatic N) is 2. The molecule has 0 fully saturated rings. The molecule has 0 saturated carbocycles. The lowest BCUT2D eigenvalue weighted by atomic mass is 10.1. The Morgan fingerprint density at radius 2 is 2.25 bits per heavy atom. The van der Waals surface area contributed by atoms with Crippen LogP contribution < -0.4 is 5.73 Å². The van der Waals surface area contributed by atoms with Crippen molar-refractivity contribution in [3.8, 4) is 11.3 Å². The molecule has 0 saturated heterocycles. The zero-order valence-corrected chi connectivity index (χ0v) is 6.27. The van der Waals surface area contributed by atoms with Crippen molar-refractivity contribution in [2.24, 2.45) is 0 Å². The van der Waals surface area contributed by atoms with Crippen molar-refractivity contribution in [1.29, 1.82) is 0 Å². The van der Waals surface area contributed by atoms with Crippen molar-refractivity contribution in [2.75, 3.05) is 5.73 Å². The van der Waals surface area contributed by atoms with Crippen LogP contribution in [0.5, 0.6) is 0 Å². The van der Waals surface area contributed by atoms with E-state index < -0.39 is 0 Å². The number of benzene rings is 1. The van der Waals surface area contributed by atoms with Crippen molar-refractivity contribution in [3.05, 3.63) is 30.5 Å². The third kappa shape index (κ3) is 1.14. The number of rotatable bonds is 1. The van der Waals surface area contributed by atoms with Crippen LogP contribution in [0.15, 0.2) is 35.1 Å².